The van der Waals surface area contributed by atoms with E-state index >= 15 is 0 Å². The average Bonchev–Trinajstić information content (AvgIpc) is 2.67. The fourth-order valence-corrected chi connectivity index (χ4v) is 4.31. The topological polar surface area (TPSA) is 52.6 Å². The monoisotopic (exact) mass is 282 g/mol. The number of hydrogen-bond donors (Lipinski definition) is 2. The van der Waals surface area contributed by atoms with E-state index in [1.54, 1.807) is 0 Å². The first kappa shape index (κ1) is 15.8. The maximum Gasteiger partial charge on any atom is 0.323 e. The van der Waals surface area contributed by atoms with Crippen LogP contribution in [0.4, 0.5) is 0 Å². The van der Waals surface area contributed by atoms with Crippen molar-refractivity contribution >= 4 is 5.97 Å². The quantitative estimate of drug-likeness (QED) is 0.832. The lowest BCUT2D eigenvalue weighted by Gasteiger charge is -2.44. The number of carbonyl (C=O) groups is 1. The van der Waals surface area contributed by atoms with Crippen molar-refractivity contribution in [1.82, 2.24) is 10.2 Å². The van der Waals surface area contributed by atoms with Gasteiger partial charge in [-0.3, -0.25) is 15.0 Å². The normalized spacial score (nSPS) is 39.4. The molecule has 0 amide bonds. The number of aliphatic carboxylic acids is 1. The zero-order valence-electron chi connectivity index (χ0n) is 13.4. The van der Waals surface area contributed by atoms with Gasteiger partial charge in [0.15, 0.2) is 0 Å². The Labute approximate surface area is 122 Å². The van der Waals surface area contributed by atoms with Crippen LogP contribution < -0.4 is 5.32 Å². The molecule has 2 fully saturated rings. The van der Waals surface area contributed by atoms with Crippen molar-refractivity contribution in [2.24, 2.45) is 5.92 Å². The molecule has 2 aliphatic rings. The molecule has 4 nitrogen and oxygen atoms in total. The van der Waals surface area contributed by atoms with E-state index < -0.39 is 11.5 Å². The van der Waals surface area contributed by atoms with Gasteiger partial charge in [0, 0.05) is 24.7 Å². The molecule has 0 bridgehead atoms. The van der Waals surface area contributed by atoms with Crippen molar-refractivity contribution in [3.8, 4) is 0 Å². The maximum atomic E-state index is 11.8. The van der Waals surface area contributed by atoms with Crippen LogP contribution in [0.3, 0.4) is 0 Å². The highest BCUT2D eigenvalue weighted by Crippen LogP contribution is 2.36. The van der Waals surface area contributed by atoms with Crippen LogP contribution in [0.5, 0.6) is 0 Å². The first-order valence-corrected chi connectivity index (χ1v) is 8.11. The van der Waals surface area contributed by atoms with Crippen molar-refractivity contribution in [3.63, 3.8) is 0 Å². The third kappa shape index (κ3) is 3.17. The third-order valence-corrected chi connectivity index (χ3v) is 5.00. The number of nitrogens with zero attached hydrogens (tertiary/aromatic N) is 1. The minimum atomic E-state index is -0.720. The van der Waals surface area contributed by atoms with Gasteiger partial charge in [-0.15, -0.1) is 0 Å². The fourth-order valence-electron chi connectivity index (χ4n) is 4.31. The Morgan fingerprint density at radius 2 is 2.10 bits per heavy atom. The Morgan fingerprint density at radius 1 is 1.40 bits per heavy atom. The Kier molecular flexibility index (Phi) is 4.75. The van der Waals surface area contributed by atoms with Gasteiger partial charge >= 0.3 is 5.97 Å². The number of rotatable bonds is 4. The molecule has 116 valence electrons. The molecule has 4 heteroatoms. The summed E-state index contributed by atoms with van der Waals surface area (Å²) < 4.78 is 0. The summed E-state index contributed by atoms with van der Waals surface area (Å²) in [6.45, 7) is 9.79. The van der Waals surface area contributed by atoms with Gasteiger partial charge in [-0.2, -0.15) is 0 Å². The van der Waals surface area contributed by atoms with Crippen molar-refractivity contribution in [2.75, 3.05) is 6.54 Å². The van der Waals surface area contributed by atoms with Gasteiger partial charge in [0.05, 0.1) is 0 Å². The third-order valence-electron chi connectivity index (χ3n) is 5.00. The van der Waals surface area contributed by atoms with Gasteiger partial charge in [-0.05, 0) is 58.8 Å². The van der Waals surface area contributed by atoms with Crippen molar-refractivity contribution in [1.29, 1.82) is 0 Å². The second kappa shape index (κ2) is 6.02. The van der Waals surface area contributed by atoms with Gasteiger partial charge in [-0.25, -0.2) is 0 Å². The number of carboxylic acids is 1. The summed E-state index contributed by atoms with van der Waals surface area (Å²) >= 11 is 0. The van der Waals surface area contributed by atoms with Crippen LogP contribution in [0, 0.1) is 5.92 Å². The SMILES string of the molecule is CC1CC(C)N(C2CCCC(NC(C)C)(C(=O)O)C2)C1. The highest BCUT2D eigenvalue weighted by atomic mass is 16.4. The van der Waals surface area contributed by atoms with Gasteiger partial charge in [0.25, 0.3) is 0 Å². The molecule has 0 radical (unpaired) electrons. The number of likely N-dealkylation sites (tertiary alicyclic amines) is 1. The summed E-state index contributed by atoms with van der Waals surface area (Å²) in [7, 11) is 0. The van der Waals surface area contributed by atoms with Crippen LogP contribution >= 0.6 is 0 Å². The molecule has 1 saturated heterocycles. The summed E-state index contributed by atoms with van der Waals surface area (Å²) in [6.07, 6.45) is 4.90. The minimum Gasteiger partial charge on any atom is -0.480 e. The molecule has 1 heterocycles. The zero-order chi connectivity index (χ0) is 14.9. The van der Waals surface area contributed by atoms with Crippen LogP contribution in [0.25, 0.3) is 0 Å². The summed E-state index contributed by atoms with van der Waals surface area (Å²) in [4.78, 5) is 14.4. The van der Waals surface area contributed by atoms with Crippen LogP contribution in [-0.2, 0) is 4.79 Å². The molecule has 4 unspecified atom stereocenters. The first-order chi connectivity index (χ1) is 9.34. The van der Waals surface area contributed by atoms with Gasteiger partial charge in [-0.1, -0.05) is 6.92 Å². The fraction of sp³-hybridized carbons (Fsp3) is 0.938. The zero-order valence-corrected chi connectivity index (χ0v) is 13.4. The predicted molar refractivity (Wildman–Crippen MR) is 80.8 cm³/mol. The van der Waals surface area contributed by atoms with E-state index in [0.717, 1.165) is 38.1 Å². The lowest BCUT2D eigenvalue weighted by molar-refractivity contribution is -0.148. The van der Waals surface area contributed by atoms with Crippen molar-refractivity contribution in [2.45, 2.75) is 83.5 Å². The lowest BCUT2D eigenvalue weighted by atomic mass is 9.77. The largest absolute Gasteiger partial charge is 0.480 e. The molecule has 2 N–H and O–H groups in total. The van der Waals surface area contributed by atoms with Crippen LogP contribution in [-0.4, -0.2) is 46.2 Å². The van der Waals surface area contributed by atoms with E-state index in [4.69, 9.17) is 0 Å². The first-order valence-electron chi connectivity index (χ1n) is 8.11. The summed E-state index contributed by atoms with van der Waals surface area (Å²) in [5.41, 5.74) is -0.720. The predicted octanol–water partition coefficient (Wildman–Crippen LogP) is 2.48. The molecule has 4 atom stereocenters. The number of nitrogens with one attached hydrogen (secondary N) is 1. The van der Waals surface area contributed by atoms with Crippen LogP contribution in [0.15, 0.2) is 0 Å². The number of hydrogen-bond acceptors (Lipinski definition) is 3. The molecule has 0 aromatic heterocycles. The molecule has 1 aliphatic heterocycles. The minimum absolute atomic E-state index is 0.208. The molecule has 1 saturated carbocycles. The van der Waals surface area contributed by atoms with Crippen LogP contribution in [0.1, 0.15) is 59.8 Å². The van der Waals surface area contributed by atoms with Gasteiger partial charge in [0.2, 0.25) is 0 Å². The van der Waals surface area contributed by atoms with E-state index in [0.29, 0.717) is 12.1 Å². The maximum absolute atomic E-state index is 11.8. The van der Waals surface area contributed by atoms with E-state index in [9.17, 15) is 9.90 Å². The Bertz CT molecular complexity index is 358. The number of carboxylic acid groups (broad SMARTS) is 1. The van der Waals surface area contributed by atoms with E-state index in [1.807, 2.05) is 13.8 Å². The highest BCUT2D eigenvalue weighted by molar-refractivity contribution is 5.79. The molecule has 1 aliphatic carbocycles. The molecule has 20 heavy (non-hydrogen) atoms. The lowest BCUT2D eigenvalue weighted by Crippen LogP contribution is -2.60. The molecule has 2 rings (SSSR count). The van der Waals surface area contributed by atoms with Crippen molar-refractivity contribution in [3.05, 3.63) is 0 Å². The standard InChI is InChI=1S/C16H30N2O2/c1-11(2)17-16(15(19)20)7-5-6-14(9-16)18-10-12(3)8-13(18)4/h11-14,17H,5-10H2,1-4H3,(H,19,20). The second-order valence-electron chi connectivity index (χ2n) is 7.32. The molecule has 0 aromatic carbocycles. The molecular weight excluding hydrogens is 252 g/mol. The smallest absolute Gasteiger partial charge is 0.323 e. The Hall–Kier alpha value is -0.610. The van der Waals surface area contributed by atoms with E-state index in [2.05, 4.69) is 24.1 Å². The second-order valence-corrected chi connectivity index (χ2v) is 7.32. The Morgan fingerprint density at radius 3 is 2.60 bits per heavy atom. The van der Waals surface area contributed by atoms with E-state index in [1.165, 1.54) is 6.42 Å². The summed E-state index contributed by atoms with van der Waals surface area (Å²) in [5, 5.41) is 13.1. The van der Waals surface area contributed by atoms with Gasteiger partial charge in [0.1, 0.15) is 5.54 Å². The summed E-state index contributed by atoms with van der Waals surface area (Å²) in [5.74, 6) is 0.0695. The van der Waals surface area contributed by atoms with E-state index in [-0.39, 0.29) is 6.04 Å². The molecular formula is C16H30N2O2. The average molecular weight is 282 g/mol. The molecule has 0 spiro atoms. The molecule has 0 aromatic rings. The summed E-state index contributed by atoms with van der Waals surface area (Å²) in [6, 6.07) is 1.23. The van der Waals surface area contributed by atoms with Gasteiger partial charge < -0.3 is 5.11 Å². The van der Waals surface area contributed by atoms with Crippen LogP contribution in [0.2, 0.25) is 0 Å². The Balaban J connectivity index is 2.11. The highest BCUT2D eigenvalue weighted by Gasteiger charge is 2.46. The van der Waals surface area contributed by atoms with Crippen molar-refractivity contribution < 1.29 is 9.90 Å².